The summed E-state index contributed by atoms with van der Waals surface area (Å²) in [5, 5.41) is 5.57. The third kappa shape index (κ3) is 3.17. The number of methoxy groups -OCH3 is 1. The fourth-order valence-corrected chi connectivity index (χ4v) is 4.43. The fraction of sp³-hybridized carbons (Fsp3) is 0.364. The van der Waals surface area contributed by atoms with Crippen LogP contribution in [0.3, 0.4) is 0 Å². The second-order valence-electron chi connectivity index (χ2n) is 8.11. The van der Waals surface area contributed by atoms with Crippen molar-refractivity contribution < 1.29 is 4.74 Å². The van der Waals surface area contributed by atoms with Crippen LogP contribution in [-0.4, -0.2) is 44.3 Å². The smallest absolute Gasteiger partial charge is 0.253 e. The molecule has 0 amide bonds. The van der Waals surface area contributed by atoms with Gasteiger partial charge in [0.15, 0.2) is 11.5 Å². The zero-order valence-electron chi connectivity index (χ0n) is 17.9. The van der Waals surface area contributed by atoms with Crippen molar-refractivity contribution in [3.63, 3.8) is 0 Å². The van der Waals surface area contributed by atoms with Crippen LogP contribution in [0.15, 0.2) is 35.3 Å². The lowest BCUT2D eigenvalue weighted by Crippen LogP contribution is -2.36. The first-order valence-electron chi connectivity index (χ1n) is 10.4. The summed E-state index contributed by atoms with van der Waals surface area (Å²) in [7, 11) is 3.41. The summed E-state index contributed by atoms with van der Waals surface area (Å²) < 4.78 is 8.70. The zero-order valence-corrected chi connectivity index (χ0v) is 17.9. The number of benzene rings is 1. The first-order chi connectivity index (χ1) is 15.0. The summed E-state index contributed by atoms with van der Waals surface area (Å²) in [6.07, 6.45) is 3.91. The van der Waals surface area contributed by atoms with Gasteiger partial charge < -0.3 is 19.9 Å². The summed E-state index contributed by atoms with van der Waals surface area (Å²) in [5.74, 6) is 1.86. The van der Waals surface area contributed by atoms with Crippen molar-refractivity contribution in [1.82, 2.24) is 24.1 Å². The highest BCUT2D eigenvalue weighted by Gasteiger charge is 2.26. The van der Waals surface area contributed by atoms with Crippen LogP contribution >= 0.6 is 0 Å². The molecule has 31 heavy (non-hydrogen) atoms. The van der Waals surface area contributed by atoms with E-state index < -0.39 is 0 Å². The highest BCUT2D eigenvalue weighted by atomic mass is 16.5. The second-order valence-corrected chi connectivity index (χ2v) is 8.11. The Morgan fingerprint density at radius 2 is 2.10 bits per heavy atom. The van der Waals surface area contributed by atoms with Crippen molar-refractivity contribution in [2.24, 2.45) is 7.05 Å². The summed E-state index contributed by atoms with van der Waals surface area (Å²) >= 11 is 0. The van der Waals surface area contributed by atoms with Gasteiger partial charge in [-0.1, -0.05) is 6.07 Å². The summed E-state index contributed by atoms with van der Waals surface area (Å²) in [6.45, 7) is 3.57. The molecule has 1 saturated heterocycles. The number of nitrogens with two attached hydrogens (primary N) is 1. The Balaban J connectivity index is 1.54. The quantitative estimate of drug-likeness (QED) is 0.543. The van der Waals surface area contributed by atoms with Gasteiger partial charge in [0.2, 0.25) is 5.95 Å². The number of fused-ring (bicyclic) bond motifs is 3. The monoisotopic (exact) mass is 419 g/mol. The molecule has 1 fully saturated rings. The normalized spacial score (nSPS) is 16.9. The lowest BCUT2D eigenvalue weighted by atomic mass is 9.97. The van der Waals surface area contributed by atoms with Crippen LogP contribution in [0.1, 0.15) is 30.1 Å². The Morgan fingerprint density at radius 3 is 2.87 bits per heavy atom. The van der Waals surface area contributed by atoms with E-state index in [9.17, 15) is 4.79 Å². The van der Waals surface area contributed by atoms with Crippen molar-refractivity contribution in [3.05, 3.63) is 52.2 Å². The minimum atomic E-state index is 0.0320. The molecule has 0 aliphatic carbocycles. The lowest BCUT2D eigenvalue weighted by Gasteiger charge is -2.33. The molecule has 160 valence electrons. The average molecular weight is 419 g/mol. The van der Waals surface area contributed by atoms with Crippen molar-refractivity contribution in [3.8, 4) is 5.75 Å². The third-order valence-electron chi connectivity index (χ3n) is 6.03. The van der Waals surface area contributed by atoms with Crippen molar-refractivity contribution in [2.45, 2.75) is 25.7 Å². The fourth-order valence-electron chi connectivity index (χ4n) is 4.43. The number of aryl methyl sites for hydroxylation is 2. The van der Waals surface area contributed by atoms with Crippen LogP contribution in [-0.2, 0) is 7.05 Å². The van der Waals surface area contributed by atoms with Crippen molar-refractivity contribution in [2.75, 3.05) is 30.8 Å². The molecule has 1 aliphatic rings. The van der Waals surface area contributed by atoms with Crippen molar-refractivity contribution in [1.29, 1.82) is 0 Å². The number of hydrogen-bond acceptors (Lipinski definition) is 7. The first-order valence-corrected chi connectivity index (χ1v) is 10.4. The number of aromatic nitrogens is 5. The molecule has 4 heterocycles. The Labute approximate surface area is 179 Å². The van der Waals surface area contributed by atoms with E-state index in [1.165, 1.54) is 0 Å². The van der Waals surface area contributed by atoms with E-state index in [0.717, 1.165) is 48.4 Å². The van der Waals surface area contributed by atoms with E-state index >= 15 is 0 Å². The number of piperidine rings is 1. The largest absolute Gasteiger partial charge is 0.494 e. The van der Waals surface area contributed by atoms with Crippen LogP contribution in [0.2, 0.25) is 0 Å². The number of pyridine rings is 1. The molecule has 0 spiro atoms. The van der Waals surface area contributed by atoms with E-state index in [4.69, 9.17) is 20.6 Å². The molecule has 1 atom stereocenters. The van der Waals surface area contributed by atoms with E-state index in [0.29, 0.717) is 16.9 Å². The molecule has 0 unspecified atom stereocenters. The standard InChI is InChI=1S/C22H25N7O2/c1-13-10-15(12-27(2)21(13)30)28-9-5-6-14(11-28)19-25-20-16-7-4-8-17(31-3)18(16)24-22(23)29(20)26-19/h4,7-8,10,12,14H,5-6,9,11H2,1-3H3,(H2,23,24)/t14-/m1/s1. The maximum absolute atomic E-state index is 12.1. The number of para-hydroxylation sites is 1. The Bertz CT molecular complexity index is 1330. The third-order valence-corrected chi connectivity index (χ3v) is 6.03. The van der Waals surface area contributed by atoms with E-state index in [1.807, 2.05) is 37.4 Å². The van der Waals surface area contributed by atoms with Gasteiger partial charge in [0.25, 0.3) is 5.56 Å². The van der Waals surface area contributed by atoms with Crippen LogP contribution in [0, 0.1) is 6.92 Å². The predicted molar refractivity (Wildman–Crippen MR) is 120 cm³/mol. The Morgan fingerprint density at radius 1 is 1.26 bits per heavy atom. The average Bonchev–Trinajstić information content (AvgIpc) is 3.23. The molecule has 0 bridgehead atoms. The van der Waals surface area contributed by atoms with Gasteiger partial charge in [0.1, 0.15) is 11.3 Å². The van der Waals surface area contributed by atoms with Crippen LogP contribution in [0.25, 0.3) is 16.6 Å². The van der Waals surface area contributed by atoms with Gasteiger partial charge in [-0.15, -0.1) is 5.10 Å². The number of rotatable bonds is 3. The molecule has 1 aliphatic heterocycles. The van der Waals surface area contributed by atoms with Crippen molar-refractivity contribution >= 4 is 28.2 Å². The van der Waals surface area contributed by atoms with Gasteiger partial charge in [0.05, 0.1) is 12.8 Å². The Kier molecular flexibility index (Phi) is 4.53. The molecule has 3 aromatic heterocycles. The van der Waals surface area contributed by atoms with Crippen LogP contribution in [0.4, 0.5) is 11.6 Å². The SMILES string of the molecule is COc1cccc2c1nc(N)n1nc([C@@H]3CCCN(c4cc(C)c(=O)n(C)c4)C3)nc21. The molecular formula is C22H25N7O2. The number of ether oxygens (including phenoxy) is 1. The van der Waals surface area contributed by atoms with Gasteiger partial charge in [-0.05, 0) is 38.0 Å². The number of nitrogen functional groups attached to an aromatic ring is 1. The molecular weight excluding hydrogens is 394 g/mol. The van der Waals surface area contributed by atoms with Crippen LogP contribution < -0.4 is 20.9 Å². The number of nitrogens with zero attached hydrogens (tertiary/aromatic N) is 6. The Hall–Kier alpha value is -3.62. The van der Waals surface area contributed by atoms with Gasteiger partial charge in [-0.2, -0.15) is 4.52 Å². The van der Waals surface area contributed by atoms with Gasteiger partial charge in [0, 0.05) is 43.2 Å². The van der Waals surface area contributed by atoms with Gasteiger partial charge >= 0.3 is 0 Å². The minimum Gasteiger partial charge on any atom is -0.494 e. The van der Waals surface area contributed by atoms with Crippen LogP contribution in [0.5, 0.6) is 5.75 Å². The molecule has 9 nitrogen and oxygen atoms in total. The summed E-state index contributed by atoms with van der Waals surface area (Å²) in [5.41, 5.74) is 9.39. The maximum Gasteiger partial charge on any atom is 0.253 e. The summed E-state index contributed by atoms with van der Waals surface area (Å²) in [4.78, 5) is 23.7. The first kappa shape index (κ1) is 19.3. The summed E-state index contributed by atoms with van der Waals surface area (Å²) in [6, 6.07) is 7.69. The van der Waals surface area contributed by atoms with E-state index in [-0.39, 0.29) is 17.4 Å². The second kappa shape index (κ2) is 7.26. The number of hydrogen-bond donors (Lipinski definition) is 1. The molecule has 1 aromatic carbocycles. The topological polar surface area (TPSA) is 104 Å². The molecule has 9 heteroatoms. The molecule has 2 N–H and O–H groups in total. The maximum atomic E-state index is 12.1. The van der Waals surface area contributed by atoms with E-state index in [2.05, 4.69) is 9.88 Å². The van der Waals surface area contributed by atoms with Gasteiger partial charge in [-0.25, -0.2) is 9.97 Å². The lowest BCUT2D eigenvalue weighted by molar-refractivity contribution is 0.419. The molecule has 0 radical (unpaired) electrons. The number of anilines is 2. The predicted octanol–water partition coefficient (Wildman–Crippen LogP) is 2.26. The minimum absolute atomic E-state index is 0.0320. The highest BCUT2D eigenvalue weighted by molar-refractivity contribution is 5.95. The molecule has 0 saturated carbocycles. The van der Waals surface area contributed by atoms with Gasteiger partial charge in [-0.3, -0.25) is 4.79 Å². The molecule has 4 aromatic rings. The van der Waals surface area contributed by atoms with E-state index in [1.54, 1.807) is 23.2 Å². The zero-order chi connectivity index (χ0) is 21.7. The molecule has 5 rings (SSSR count). The highest BCUT2D eigenvalue weighted by Crippen LogP contribution is 2.31.